The van der Waals surface area contributed by atoms with E-state index < -0.39 is 50.3 Å². The van der Waals surface area contributed by atoms with E-state index in [0.717, 1.165) is 5.57 Å². The maximum atomic E-state index is 13.7. The van der Waals surface area contributed by atoms with E-state index >= 15 is 0 Å². The van der Waals surface area contributed by atoms with E-state index in [0.29, 0.717) is 19.4 Å². The van der Waals surface area contributed by atoms with Crippen molar-refractivity contribution >= 4 is 31.9 Å². The molecule has 3 rings (SSSR count). The number of rotatable bonds is 4. The van der Waals surface area contributed by atoms with Crippen molar-refractivity contribution in [3.8, 4) is 0 Å². The summed E-state index contributed by atoms with van der Waals surface area (Å²) in [6.07, 6.45) is 8.44. The second-order valence-electron chi connectivity index (χ2n) is 14.3. The number of cyclic esters (lactones) is 1. The molecule has 47 heavy (non-hydrogen) atoms. The van der Waals surface area contributed by atoms with E-state index in [4.69, 9.17) is 13.6 Å². The first kappa shape index (κ1) is 38.1. The highest BCUT2D eigenvalue weighted by molar-refractivity contribution is 6.74. The van der Waals surface area contributed by atoms with Gasteiger partial charge in [0, 0.05) is 38.0 Å². The topological polar surface area (TPSA) is 148 Å². The van der Waals surface area contributed by atoms with E-state index in [1.165, 1.54) is 11.0 Å². The van der Waals surface area contributed by atoms with Gasteiger partial charge >= 0.3 is 5.97 Å². The Kier molecular flexibility index (Phi) is 13.1. The van der Waals surface area contributed by atoms with Gasteiger partial charge in [-0.2, -0.15) is 0 Å². The van der Waals surface area contributed by atoms with Gasteiger partial charge in [0.25, 0.3) is 5.91 Å². The fraction of sp³-hybridized carbons (Fsp3) is 0.629. The third-order valence-electron chi connectivity index (χ3n) is 9.25. The lowest BCUT2D eigenvalue weighted by Crippen LogP contribution is -2.44. The molecule has 260 valence electrons. The van der Waals surface area contributed by atoms with Crippen molar-refractivity contribution < 1.29 is 37.9 Å². The van der Waals surface area contributed by atoms with Gasteiger partial charge in [-0.05, 0) is 50.9 Å². The molecule has 1 aromatic rings. The van der Waals surface area contributed by atoms with E-state index in [-0.39, 0.29) is 60.1 Å². The predicted molar refractivity (Wildman–Crippen MR) is 181 cm³/mol. The number of nitrogens with one attached hydrogen (secondary N) is 1. The minimum Gasteiger partial charge on any atom is -0.460 e. The van der Waals surface area contributed by atoms with Crippen molar-refractivity contribution in [2.45, 2.75) is 111 Å². The van der Waals surface area contributed by atoms with Gasteiger partial charge in [0.05, 0.1) is 12.5 Å². The van der Waals surface area contributed by atoms with Crippen LogP contribution in [0.25, 0.3) is 0 Å². The van der Waals surface area contributed by atoms with Crippen molar-refractivity contribution in [2.24, 2.45) is 11.8 Å². The van der Waals surface area contributed by atoms with Crippen LogP contribution >= 0.6 is 0 Å². The zero-order valence-corrected chi connectivity index (χ0v) is 30.4. The molecule has 2 N–H and O–H groups in total. The minimum atomic E-state index is -2.25. The van der Waals surface area contributed by atoms with Crippen molar-refractivity contribution in [3.63, 3.8) is 0 Å². The highest BCUT2D eigenvalue weighted by atomic mass is 28.4. The lowest BCUT2D eigenvalue weighted by molar-refractivity contribution is -0.159. The number of oxazole rings is 1. The molecule has 0 saturated carbocycles. The number of hydrogen-bond acceptors (Lipinski definition) is 9. The molecule has 12 heteroatoms. The van der Waals surface area contributed by atoms with E-state index in [9.17, 15) is 24.3 Å². The standard InChI is InChI=1S/C35H53N3O8Si/c1-22-12-10-16-36-29(41)15-14-23(2)32(24(3)21-39)45-34(43)28-13-11-17-38(28)33(42)31-25(4)44-30(37-31)20-26(40)19-27(18-22)46-47(8,9)35(5,6)7/h10,12,14-15,18,23-24,27-28,32,39H,11,13,16-17,19-21H2,1-9H3,(H,36,41)/b12-10+,15-14+,22-18+/t23-,24+,27?,28-,32+/m1/s1. The number of esters is 1. The highest BCUT2D eigenvalue weighted by Gasteiger charge is 2.41. The molecule has 0 aliphatic carbocycles. The summed E-state index contributed by atoms with van der Waals surface area (Å²) in [5.74, 6) is -1.93. The van der Waals surface area contributed by atoms with Crippen molar-refractivity contribution in [1.82, 2.24) is 15.2 Å². The maximum Gasteiger partial charge on any atom is 0.329 e. The number of aromatic nitrogens is 1. The summed E-state index contributed by atoms with van der Waals surface area (Å²) in [4.78, 5) is 58.9. The summed E-state index contributed by atoms with van der Waals surface area (Å²) in [7, 11) is -2.25. The van der Waals surface area contributed by atoms with E-state index in [2.05, 4.69) is 44.2 Å². The number of aliphatic hydroxyl groups excluding tert-OH is 1. The van der Waals surface area contributed by atoms with E-state index in [1.807, 2.05) is 32.1 Å². The fourth-order valence-corrected chi connectivity index (χ4v) is 6.75. The van der Waals surface area contributed by atoms with Gasteiger partial charge < -0.3 is 28.9 Å². The Morgan fingerprint density at radius 1 is 1.17 bits per heavy atom. The minimum absolute atomic E-state index is 0.0587. The Balaban J connectivity index is 1.98. The summed E-state index contributed by atoms with van der Waals surface area (Å²) in [5, 5.41) is 12.6. The summed E-state index contributed by atoms with van der Waals surface area (Å²) < 4.78 is 18.3. The summed E-state index contributed by atoms with van der Waals surface area (Å²) >= 11 is 0. The molecule has 3 heterocycles. The number of carbonyl (C=O) groups excluding carboxylic acids is 4. The number of allylic oxidation sites excluding steroid dienone is 2. The van der Waals surface area contributed by atoms with Gasteiger partial charge in [-0.1, -0.05) is 64.5 Å². The molecule has 2 aliphatic rings. The van der Waals surface area contributed by atoms with Crippen LogP contribution in [-0.4, -0.2) is 84.8 Å². The molecule has 1 saturated heterocycles. The smallest absolute Gasteiger partial charge is 0.329 e. The van der Waals surface area contributed by atoms with Crippen molar-refractivity contribution in [1.29, 1.82) is 0 Å². The Hall–Kier alpha value is -3.35. The largest absolute Gasteiger partial charge is 0.460 e. The molecule has 1 aromatic heterocycles. The van der Waals surface area contributed by atoms with Crippen LogP contribution in [0.4, 0.5) is 0 Å². The van der Waals surface area contributed by atoms with Gasteiger partial charge in [0.15, 0.2) is 14.0 Å². The van der Waals surface area contributed by atoms with Gasteiger partial charge in [-0.3, -0.25) is 14.4 Å². The molecule has 5 atom stereocenters. The molecular weight excluding hydrogens is 618 g/mol. The highest BCUT2D eigenvalue weighted by Crippen LogP contribution is 2.38. The first-order valence-corrected chi connectivity index (χ1v) is 19.4. The molecule has 1 fully saturated rings. The second kappa shape index (κ2) is 16.2. The number of Topliss-reactive ketones (excluding diaryl/α,β-unsaturated/α-hetero) is 1. The number of ketones is 1. The van der Waals surface area contributed by atoms with Gasteiger partial charge in [-0.25, -0.2) is 9.78 Å². The summed E-state index contributed by atoms with van der Waals surface area (Å²) in [5.41, 5.74) is 0.935. The van der Waals surface area contributed by atoms with Crippen LogP contribution in [0.1, 0.15) is 82.9 Å². The molecule has 2 aliphatic heterocycles. The molecule has 11 nitrogen and oxygen atoms in total. The molecule has 0 aromatic carbocycles. The second-order valence-corrected chi connectivity index (χ2v) is 19.1. The average molecular weight is 672 g/mol. The normalized spacial score (nSPS) is 27.7. The number of fused-ring (bicyclic) bond motifs is 3. The van der Waals surface area contributed by atoms with Crippen molar-refractivity contribution in [3.05, 3.63) is 53.3 Å². The average Bonchev–Trinajstić information content (AvgIpc) is 3.61. The van der Waals surface area contributed by atoms with Crippen LogP contribution < -0.4 is 5.32 Å². The zero-order chi connectivity index (χ0) is 35.1. The molecule has 0 spiro atoms. The first-order chi connectivity index (χ1) is 21.9. The number of carbonyl (C=O) groups is 4. The monoisotopic (exact) mass is 671 g/mol. The first-order valence-electron chi connectivity index (χ1n) is 16.5. The lowest BCUT2D eigenvalue weighted by Gasteiger charge is -2.38. The predicted octanol–water partition coefficient (Wildman–Crippen LogP) is 4.84. The van der Waals surface area contributed by atoms with E-state index in [1.54, 1.807) is 19.9 Å². The number of hydrogen-bond donors (Lipinski definition) is 2. The number of aryl methyl sites for hydroxylation is 1. The Bertz CT molecular complexity index is 1390. The van der Waals surface area contributed by atoms with Crippen LogP contribution in [0.5, 0.6) is 0 Å². The third kappa shape index (κ3) is 10.3. The Morgan fingerprint density at radius 3 is 2.53 bits per heavy atom. The number of nitrogens with zero attached hydrogens (tertiary/aromatic N) is 2. The third-order valence-corrected chi connectivity index (χ3v) is 13.8. The Morgan fingerprint density at radius 2 is 1.87 bits per heavy atom. The van der Waals surface area contributed by atoms with Crippen molar-refractivity contribution in [2.75, 3.05) is 19.7 Å². The van der Waals surface area contributed by atoms with Crippen LogP contribution in [0.2, 0.25) is 18.1 Å². The molecule has 2 amide bonds. The van der Waals surface area contributed by atoms with Gasteiger partial charge in [0.2, 0.25) is 11.8 Å². The SMILES string of the molecule is CC1=C\C(O[Si](C)(C)C(C)(C)C)CC(=O)Cc2nc(c(C)o2)C(=O)N2CCC[C@@H]2C(=O)O[C@H]([C@@H](C)CO)[C@H](C)/C=C/C(=O)NC\C=C\1. The summed E-state index contributed by atoms with van der Waals surface area (Å²) in [6, 6.07) is -0.840. The van der Waals surface area contributed by atoms with Gasteiger partial charge in [0.1, 0.15) is 23.7 Å². The number of amides is 2. The molecular formula is C35H53N3O8Si. The number of ether oxygens (including phenoxy) is 1. The molecule has 1 unspecified atom stereocenters. The fourth-order valence-electron chi connectivity index (χ4n) is 5.49. The zero-order valence-electron chi connectivity index (χ0n) is 29.4. The lowest BCUT2D eigenvalue weighted by atomic mass is 9.93. The Labute approximate surface area is 280 Å². The number of aliphatic hydroxyl groups is 1. The summed E-state index contributed by atoms with van der Waals surface area (Å²) in [6.45, 7) is 18.2. The maximum absolute atomic E-state index is 13.7. The molecule has 2 bridgehead atoms. The van der Waals surface area contributed by atoms with Crippen LogP contribution in [0.15, 0.2) is 40.4 Å². The van der Waals surface area contributed by atoms with Crippen LogP contribution in [0.3, 0.4) is 0 Å². The quantitative estimate of drug-likeness (QED) is 0.339. The van der Waals surface area contributed by atoms with Crippen LogP contribution in [-0.2, 0) is 30.0 Å². The van der Waals surface area contributed by atoms with Crippen LogP contribution in [0, 0.1) is 18.8 Å². The molecule has 0 radical (unpaired) electrons. The van der Waals surface area contributed by atoms with Gasteiger partial charge in [-0.15, -0.1) is 0 Å².